The average Bonchev–Trinajstić information content (AvgIpc) is 2.39. The van der Waals surface area contributed by atoms with Crippen LogP contribution in [0.4, 0.5) is 0 Å². The number of aryl methyl sites for hydroxylation is 2. The van der Waals surface area contributed by atoms with Crippen LogP contribution in [0, 0.1) is 3.57 Å². The summed E-state index contributed by atoms with van der Waals surface area (Å²) in [6.45, 7) is 0. The molecule has 0 aliphatic carbocycles. The number of primary amides is 1. The van der Waals surface area contributed by atoms with E-state index in [1.165, 1.54) is 5.56 Å². The van der Waals surface area contributed by atoms with E-state index in [2.05, 4.69) is 22.6 Å². The van der Waals surface area contributed by atoms with Crippen LogP contribution >= 0.6 is 34.2 Å². The lowest BCUT2D eigenvalue weighted by molar-refractivity contribution is 0.0999. The van der Waals surface area contributed by atoms with Gasteiger partial charge < -0.3 is 5.73 Å². The van der Waals surface area contributed by atoms with Crippen LogP contribution in [0.2, 0.25) is 5.02 Å². The summed E-state index contributed by atoms with van der Waals surface area (Å²) in [4.78, 5) is 11.3. The zero-order valence-electron chi connectivity index (χ0n) is 10.2. The van der Waals surface area contributed by atoms with Gasteiger partial charge in [-0.25, -0.2) is 0 Å². The van der Waals surface area contributed by atoms with Crippen LogP contribution in [0.15, 0.2) is 42.5 Å². The highest BCUT2D eigenvalue weighted by atomic mass is 127. The van der Waals surface area contributed by atoms with E-state index in [0.717, 1.165) is 27.0 Å². The fourth-order valence-electron chi connectivity index (χ4n) is 1.89. The number of hydrogen-bond donors (Lipinski definition) is 1. The Morgan fingerprint density at radius 1 is 1.11 bits per heavy atom. The summed E-state index contributed by atoms with van der Waals surface area (Å²) < 4.78 is 0.946. The van der Waals surface area contributed by atoms with E-state index in [1.807, 2.05) is 36.4 Å². The number of hydrogen-bond acceptors (Lipinski definition) is 1. The monoisotopic (exact) mass is 385 g/mol. The summed E-state index contributed by atoms with van der Waals surface area (Å²) in [6.07, 6.45) is 1.79. The van der Waals surface area contributed by atoms with Gasteiger partial charge in [0.05, 0.1) is 5.56 Å². The smallest absolute Gasteiger partial charge is 0.249 e. The van der Waals surface area contributed by atoms with E-state index >= 15 is 0 Å². The highest BCUT2D eigenvalue weighted by Gasteiger charge is 2.09. The van der Waals surface area contributed by atoms with Crippen molar-refractivity contribution in [1.82, 2.24) is 0 Å². The van der Waals surface area contributed by atoms with Gasteiger partial charge in [-0.2, -0.15) is 0 Å². The van der Waals surface area contributed by atoms with Crippen molar-refractivity contribution < 1.29 is 4.79 Å². The Balaban J connectivity index is 2.13. The van der Waals surface area contributed by atoms with Gasteiger partial charge in [-0.3, -0.25) is 4.79 Å². The molecule has 1 amide bonds. The predicted octanol–water partition coefficient (Wildman–Crippen LogP) is 3.83. The molecule has 0 saturated heterocycles. The van der Waals surface area contributed by atoms with Crippen LogP contribution in [-0.4, -0.2) is 5.91 Å². The van der Waals surface area contributed by atoms with E-state index in [4.69, 9.17) is 17.3 Å². The molecular weight excluding hydrogens is 373 g/mol. The van der Waals surface area contributed by atoms with E-state index in [9.17, 15) is 4.79 Å². The molecular formula is C15H13ClINO. The van der Waals surface area contributed by atoms with Gasteiger partial charge in [0.25, 0.3) is 0 Å². The molecule has 0 saturated carbocycles. The minimum Gasteiger partial charge on any atom is -0.366 e. The van der Waals surface area contributed by atoms with Gasteiger partial charge in [0.1, 0.15) is 0 Å². The Morgan fingerprint density at radius 3 is 2.42 bits per heavy atom. The summed E-state index contributed by atoms with van der Waals surface area (Å²) in [5, 5.41) is 0.744. The first kappa shape index (κ1) is 14.3. The van der Waals surface area contributed by atoms with Gasteiger partial charge in [-0.05, 0) is 64.8 Å². The van der Waals surface area contributed by atoms with Crippen LogP contribution in [0.25, 0.3) is 0 Å². The van der Waals surface area contributed by atoms with Crippen molar-refractivity contribution >= 4 is 40.1 Å². The minimum absolute atomic E-state index is 0.377. The van der Waals surface area contributed by atoms with Crippen LogP contribution < -0.4 is 5.73 Å². The normalized spacial score (nSPS) is 10.4. The maximum absolute atomic E-state index is 11.3. The second-order valence-electron chi connectivity index (χ2n) is 4.27. The van der Waals surface area contributed by atoms with Crippen molar-refractivity contribution in [2.24, 2.45) is 5.73 Å². The van der Waals surface area contributed by atoms with Crippen molar-refractivity contribution in [1.29, 1.82) is 0 Å². The van der Waals surface area contributed by atoms with Gasteiger partial charge >= 0.3 is 0 Å². The van der Waals surface area contributed by atoms with Crippen molar-refractivity contribution in [2.75, 3.05) is 0 Å². The first-order valence-corrected chi connectivity index (χ1v) is 7.35. The molecule has 0 unspecified atom stereocenters. The summed E-state index contributed by atoms with van der Waals surface area (Å²) in [5.74, 6) is -0.377. The fourth-order valence-corrected chi connectivity index (χ4v) is 2.91. The number of carbonyl (C=O) groups is 1. The number of amides is 1. The molecule has 2 aromatic carbocycles. The predicted molar refractivity (Wildman–Crippen MR) is 86.5 cm³/mol. The van der Waals surface area contributed by atoms with Crippen LogP contribution in [-0.2, 0) is 12.8 Å². The second-order valence-corrected chi connectivity index (χ2v) is 5.78. The largest absolute Gasteiger partial charge is 0.366 e. The lowest BCUT2D eigenvalue weighted by Gasteiger charge is -2.08. The Kier molecular flexibility index (Phi) is 4.82. The van der Waals surface area contributed by atoms with Gasteiger partial charge in [-0.1, -0.05) is 35.9 Å². The topological polar surface area (TPSA) is 43.1 Å². The molecule has 4 heteroatoms. The molecule has 0 spiro atoms. The molecule has 98 valence electrons. The Labute approximate surface area is 131 Å². The molecule has 2 rings (SSSR count). The number of nitrogens with two attached hydrogens (primary N) is 1. The second kappa shape index (κ2) is 6.39. The van der Waals surface area contributed by atoms with Gasteiger partial charge in [0.2, 0.25) is 5.91 Å². The van der Waals surface area contributed by atoms with Crippen LogP contribution in [0.3, 0.4) is 0 Å². The lowest BCUT2D eigenvalue weighted by Crippen LogP contribution is -2.13. The van der Waals surface area contributed by atoms with E-state index < -0.39 is 0 Å². The third-order valence-electron chi connectivity index (χ3n) is 2.94. The molecule has 2 N–H and O–H groups in total. The van der Waals surface area contributed by atoms with Crippen molar-refractivity contribution in [3.63, 3.8) is 0 Å². The van der Waals surface area contributed by atoms with Crippen LogP contribution in [0.5, 0.6) is 0 Å². The number of carbonyl (C=O) groups excluding carboxylic acids is 1. The first-order chi connectivity index (χ1) is 9.08. The SMILES string of the molecule is NC(=O)c1cccc(CCc2ccc(Cl)cc2)c1I. The Bertz CT molecular complexity index is 596. The Hall–Kier alpha value is -1.07. The van der Waals surface area contributed by atoms with Crippen LogP contribution in [0.1, 0.15) is 21.5 Å². The molecule has 0 aromatic heterocycles. The molecule has 0 aliphatic rings. The third-order valence-corrected chi connectivity index (χ3v) is 4.47. The Morgan fingerprint density at radius 2 is 1.79 bits per heavy atom. The molecule has 0 heterocycles. The maximum Gasteiger partial charge on any atom is 0.249 e. The highest BCUT2D eigenvalue weighted by Crippen LogP contribution is 2.19. The van der Waals surface area contributed by atoms with Gasteiger partial charge in [-0.15, -0.1) is 0 Å². The average molecular weight is 386 g/mol. The number of halogens is 2. The molecule has 0 aliphatic heterocycles. The van der Waals surface area contributed by atoms with Crippen molar-refractivity contribution in [3.8, 4) is 0 Å². The maximum atomic E-state index is 11.3. The molecule has 19 heavy (non-hydrogen) atoms. The number of rotatable bonds is 4. The van der Waals surface area contributed by atoms with Crippen molar-refractivity contribution in [3.05, 3.63) is 67.7 Å². The van der Waals surface area contributed by atoms with E-state index in [0.29, 0.717) is 5.56 Å². The van der Waals surface area contributed by atoms with E-state index in [1.54, 1.807) is 6.07 Å². The van der Waals surface area contributed by atoms with Gasteiger partial charge in [0, 0.05) is 8.59 Å². The first-order valence-electron chi connectivity index (χ1n) is 5.89. The third kappa shape index (κ3) is 3.70. The summed E-state index contributed by atoms with van der Waals surface area (Å²) in [5.41, 5.74) is 8.31. The quantitative estimate of drug-likeness (QED) is 0.799. The molecule has 2 aromatic rings. The number of benzene rings is 2. The van der Waals surface area contributed by atoms with E-state index in [-0.39, 0.29) is 5.91 Å². The highest BCUT2D eigenvalue weighted by molar-refractivity contribution is 14.1. The zero-order valence-corrected chi connectivity index (χ0v) is 13.1. The zero-order chi connectivity index (χ0) is 13.8. The summed E-state index contributed by atoms with van der Waals surface area (Å²) in [6, 6.07) is 13.5. The molecule has 0 atom stereocenters. The molecule has 0 fully saturated rings. The summed E-state index contributed by atoms with van der Waals surface area (Å²) in [7, 11) is 0. The molecule has 0 bridgehead atoms. The minimum atomic E-state index is -0.377. The lowest BCUT2D eigenvalue weighted by atomic mass is 10.0. The van der Waals surface area contributed by atoms with Crippen molar-refractivity contribution in [2.45, 2.75) is 12.8 Å². The standard InChI is InChI=1S/C15H13ClINO/c16-12-8-5-10(6-9-12)4-7-11-2-1-3-13(14(11)17)15(18)19/h1-3,5-6,8-9H,4,7H2,(H2,18,19). The molecule has 2 nitrogen and oxygen atoms in total. The summed E-state index contributed by atoms with van der Waals surface area (Å²) >= 11 is 8.04. The fraction of sp³-hybridized carbons (Fsp3) is 0.133. The molecule has 0 radical (unpaired) electrons. The van der Waals surface area contributed by atoms with Gasteiger partial charge in [0.15, 0.2) is 0 Å².